The second-order valence-corrected chi connectivity index (χ2v) is 7.73. The summed E-state index contributed by atoms with van der Waals surface area (Å²) in [6.45, 7) is 2.96. The predicted octanol–water partition coefficient (Wildman–Crippen LogP) is 5.05. The van der Waals surface area contributed by atoms with Gasteiger partial charge >= 0.3 is 0 Å². The van der Waals surface area contributed by atoms with Gasteiger partial charge in [-0.15, -0.1) is 0 Å². The van der Waals surface area contributed by atoms with Gasteiger partial charge in [0.05, 0.1) is 10.6 Å². The van der Waals surface area contributed by atoms with Gasteiger partial charge in [-0.1, -0.05) is 43.9 Å². The lowest BCUT2D eigenvalue weighted by molar-refractivity contribution is -0.384. The van der Waals surface area contributed by atoms with Crippen LogP contribution in [0.2, 0.25) is 0 Å². The van der Waals surface area contributed by atoms with Crippen LogP contribution in [-0.2, 0) is 0 Å². The molecule has 5 nitrogen and oxygen atoms in total. The lowest BCUT2D eigenvalue weighted by Gasteiger charge is -2.30. The van der Waals surface area contributed by atoms with E-state index in [9.17, 15) is 10.1 Å². The molecule has 2 aliphatic rings. The molecule has 0 aromatic heterocycles. The van der Waals surface area contributed by atoms with Gasteiger partial charge in [-0.3, -0.25) is 10.1 Å². The normalized spacial score (nSPS) is 21.7. The number of thioether (sulfide) groups is 1. The molecule has 0 radical (unpaired) electrons. The lowest BCUT2D eigenvalue weighted by Crippen LogP contribution is -2.36. The number of nitro benzene ring substituents is 1. The van der Waals surface area contributed by atoms with Gasteiger partial charge in [0.2, 0.25) is 0 Å². The van der Waals surface area contributed by atoms with Gasteiger partial charge < -0.3 is 4.90 Å². The molecule has 0 spiro atoms. The molecule has 0 amide bonds. The minimum absolute atomic E-state index is 0.132. The van der Waals surface area contributed by atoms with E-state index in [1.165, 1.54) is 44.9 Å². The van der Waals surface area contributed by atoms with Crippen LogP contribution in [0.4, 0.5) is 11.4 Å². The third kappa shape index (κ3) is 4.09. The summed E-state index contributed by atoms with van der Waals surface area (Å²) in [5, 5.41) is 12.0. The maximum absolute atomic E-state index is 10.9. The van der Waals surface area contributed by atoms with Crippen molar-refractivity contribution in [1.82, 2.24) is 4.90 Å². The van der Waals surface area contributed by atoms with E-state index in [0.29, 0.717) is 6.04 Å². The first-order valence-electron chi connectivity index (χ1n) is 8.88. The fraction of sp³-hybridized carbons (Fsp3) is 0.611. The molecule has 0 N–H and O–H groups in total. The van der Waals surface area contributed by atoms with Crippen molar-refractivity contribution in [3.63, 3.8) is 0 Å². The fourth-order valence-corrected chi connectivity index (χ4v) is 4.62. The van der Waals surface area contributed by atoms with Crippen LogP contribution in [0.25, 0.3) is 0 Å². The van der Waals surface area contributed by atoms with E-state index in [-0.39, 0.29) is 10.6 Å². The van der Waals surface area contributed by atoms with Gasteiger partial charge in [-0.25, -0.2) is 4.99 Å². The number of nitro groups is 1. The quantitative estimate of drug-likeness (QED) is 0.567. The third-order valence-corrected chi connectivity index (χ3v) is 5.90. The Balaban J connectivity index is 1.79. The molecular weight excluding hydrogens is 322 g/mol. The summed E-state index contributed by atoms with van der Waals surface area (Å²) in [6.07, 6.45) is 9.24. The highest BCUT2D eigenvalue weighted by molar-refractivity contribution is 8.14. The molecule has 1 aromatic carbocycles. The number of hydrogen-bond acceptors (Lipinski definition) is 4. The summed E-state index contributed by atoms with van der Waals surface area (Å²) >= 11 is 1.81. The van der Waals surface area contributed by atoms with E-state index < -0.39 is 0 Å². The second kappa shape index (κ2) is 8.01. The van der Waals surface area contributed by atoms with Crippen LogP contribution in [0.15, 0.2) is 23.2 Å². The van der Waals surface area contributed by atoms with E-state index in [1.54, 1.807) is 18.2 Å². The molecule has 1 saturated heterocycles. The molecule has 6 heteroatoms. The number of non-ortho nitro benzene ring substituents is 1. The molecule has 24 heavy (non-hydrogen) atoms. The van der Waals surface area contributed by atoms with Crippen molar-refractivity contribution in [2.45, 2.75) is 57.9 Å². The molecule has 1 saturated carbocycles. The van der Waals surface area contributed by atoms with Crippen molar-refractivity contribution in [2.75, 3.05) is 12.3 Å². The first-order chi connectivity index (χ1) is 11.6. The highest BCUT2D eigenvalue weighted by Crippen LogP contribution is 2.31. The number of aliphatic imine (C=N–C) groups is 1. The van der Waals surface area contributed by atoms with E-state index in [0.717, 1.165) is 28.7 Å². The van der Waals surface area contributed by atoms with Crippen molar-refractivity contribution >= 4 is 28.3 Å². The first-order valence-corrected chi connectivity index (χ1v) is 9.87. The summed E-state index contributed by atoms with van der Waals surface area (Å²) in [4.78, 5) is 17.9. The largest absolute Gasteiger partial charge is 0.347 e. The predicted molar refractivity (Wildman–Crippen MR) is 100 cm³/mol. The number of nitrogens with zero attached hydrogens (tertiary/aromatic N) is 3. The average Bonchev–Trinajstić information content (AvgIpc) is 2.97. The van der Waals surface area contributed by atoms with E-state index in [4.69, 9.17) is 4.99 Å². The number of aryl methyl sites for hydroxylation is 1. The van der Waals surface area contributed by atoms with Crippen molar-refractivity contribution in [1.29, 1.82) is 0 Å². The van der Waals surface area contributed by atoms with Crippen molar-refractivity contribution in [3.05, 3.63) is 33.9 Å². The van der Waals surface area contributed by atoms with Crippen LogP contribution in [0.3, 0.4) is 0 Å². The topological polar surface area (TPSA) is 58.7 Å². The summed E-state index contributed by atoms with van der Waals surface area (Å²) in [6, 6.07) is 5.54. The van der Waals surface area contributed by atoms with E-state index >= 15 is 0 Å². The molecule has 1 aliphatic carbocycles. The van der Waals surface area contributed by atoms with Crippen molar-refractivity contribution in [2.24, 2.45) is 4.99 Å². The number of hydrogen-bond donors (Lipinski definition) is 0. The molecule has 1 heterocycles. The molecular formula is C18H25N3O2S. The van der Waals surface area contributed by atoms with E-state index in [2.05, 4.69) is 4.90 Å². The zero-order chi connectivity index (χ0) is 16.9. The minimum Gasteiger partial charge on any atom is -0.347 e. The Kier molecular flexibility index (Phi) is 5.76. The zero-order valence-electron chi connectivity index (χ0n) is 14.2. The number of benzene rings is 1. The number of rotatable bonds is 3. The molecule has 3 rings (SSSR count). The van der Waals surface area contributed by atoms with Gasteiger partial charge in [0.25, 0.3) is 5.69 Å². The standard InChI is InChI=1S/C18H25N3O2S/c1-14-13-16(21(22)23)9-10-17(14)19-18-20(11-12-24-18)15-7-5-3-2-4-6-8-15/h9-10,13,15H,2-8,11-12H2,1H3/b19-18-. The molecule has 0 unspecified atom stereocenters. The SMILES string of the molecule is Cc1cc([N+](=O)[O-])ccc1/N=C1\SCCN1C1CCCCCCC1. The Labute approximate surface area is 147 Å². The third-order valence-electron chi connectivity index (χ3n) is 4.93. The summed E-state index contributed by atoms with van der Waals surface area (Å²) in [5.41, 5.74) is 1.84. The second-order valence-electron chi connectivity index (χ2n) is 6.66. The Hall–Kier alpha value is -1.56. The van der Waals surface area contributed by atoms with Crippen LogP contribution in [0.1, 0.15) is 50.5 Å². The van der Waals surface area contributed by atoms with Gasteiger partial charge in [0.1, 0.15) is 0 Å². The van der Waals surface area contributed by atoms with E-state index in [1.807, 2.05) is 18.7 Å². The van der Waals surface area contributed by atoms with Gasteiger partial charge in [-0.05, 0) is 31.4 Å². The van der Waals surface area contributed by atoms with Crippen LogP contribution < -0.4 is 0 Å². The van der Waals surface area contributed by atoms with Crippen molar-refractivity contribution < 1.29 is 4.92 Å². The van der Waals surface area contributed by atoms with Gasteiger partial charge in [0.15, 0.2) is 5.17 Å². The Morgan fingerprint density at radius 3 is 2.58 bits per heavy atom. The average molecular weight is 347 g/mol. The van der Waals surface area contributed by atoms with Gasteiger partial charge in [0, 0.05) is 30.5 Å². The fourth-order valence-electron chi connectivity index (χ4n) is 3.58. The first kappa shape index (κ1) is 17.3. The monoisotopic (exact) mass is 347 g/mol. The summed E-state index contributed by atoms with van der Waals surface area (Å²) in [7, 11) is 0. The minimum atomic E-state index is -0.352. The Morgan fingerprint density at radius 2 is 1.92 bits per heavy atom. The molecule has 0 atom stereocenters. The molecule has 2 fully saturated rings. The van der Waals surface area contributed by atoms with Crippen LogP contribution in [0, 0.1) is 17.0 Å². The Morgan fingerprint density at radius 1 is 1.21 bits per heavy atom. The molecule has 0 bridgehead atoms. The Bertz CT molecular complexity index is 625. The summed E-state index contributed by atoms with van der Waals surface area (Å²) in [5.74, 6) is 1.08. The van der Waals surface area contributed by atoms with Crippen LogP contribution in [-0.4, -0.2) is 33.3 Å². The maximum atomic E-state index is 10.9. The highest BCUT2D eigenvalue weighted by atomic mass is 32.2. The molecule has 130 valence electrons. The van der Waals surface area contributed by atoms with Crippen LogP contribution in [0.5, 0.6) is 0 Å². The van der Waals surface area contributed by atoms with Gasteiger partial charge in [-0.2, -0.15) is 0 Å². The molecule has 1 aliphatic heterocycles. The summed E-state index contributed by atoms with van der Waals surface area (Å²) < 4.78 is 0. The van der Waals surface area contributed by atoms with Crippen LogP contribution >= 0.6 is 11.8 Å². The van der Waals surface area contributed by atoms with Crippen molar-refractivity contribution in [3.8, 4) is 0 Å². The highest BCUT2D eigenvalue weighted by Gasteiger charge is 2.27. The molecule has 1 aromatic rings. The smallest absolute Gasteiger partial charge is 0.269 e. The maximum Gasteiger partial charge on any atom is 0.269 e. The zero-order valence-corrected chi connectivity index (χ0v) is 15.1. The number of amidine groups is 1. The lowest BCUT2D eigenvalue weighted by atomic mass is 9.96.